The van der Waals surface area contributed by atoms with Crippen LogP contribution < -0.4 is 0 Å². The first-order valence-electron chi connectivity index (χ1n) is 9.10. The first-order valence-corrected chi connectivity index (χ1v) is 9.10. The molecule has 2 aromatic rings. The molecule has 25 heavy (non-hydrogen) atoms. The zero-order chi connectivity index (χ0) is 17.3. The maximum absolute atomic E-state index is 12.8. The van der Waals surface area contributed by atoms with Gasteiger partial charge in [-0.1, -0.05) is 30.3 Å². The van der Waals surface area contributed by atoms with Crippen molar-refractivity contribution in [3.63, 3.8) is 0 Å². The molecule has 2 heterocycles. The Hall–Kier alpha value is -1.91. The van der Waals surface area contributed by atoms with Crippen LogP contribution in [0, 0.1) is 5.92 Å². The van der Waals surface area contributed by atoms with Crippen molar-refractivity contribution in [2.75, 3.05) is 33.4 Å². The number of carbonyl (C=O) groups is 1. The molecular formula is C21H25NO3. The zero-order valence-electron chi connectivity index (χ0n) is 14.7. The SMILES string of the molecule is COCC[C@@H]1CCOC2(C1)CN(C(=O)c1ccc3ccccc3c1)C2. The van der Waals surface area contributed by atoms with Crippen LogP contribution in [0.25, 0.3) is 10.8 Å². The van der Waals surface area contributed by atoms with E-state index in [1.54, 1.807) is 7.11 Å². The summed E-state index contributed by atoms with van der Waals surface area (Å²) < 4.78 is 11.3. The summed E-state index contributed by atoms with van der Waals surface area (Å²) in [4.78, 5) is 14.7. The van der Waals surface area contributed by atoms with E-state index in [4.69, 9.17) is 9.47 Å². The highest BCUT2D eigenvalue weighted by Crippen LogP contribution is 2.38. The molecule has 0 saturated carbocycles. The second kappa shape index (κ2) is 6.77. The van der Waals surface area contributed by atoms with Crippen molar-refractivity contribution in [2.45, 2.75) is 24.9 Å². The lowest BCUT2D eigenvalue weighted by Crippen LogP contribution is -2.66. The fourth-order valence-electron chi connectivity index (χ4n) is 4.18. The van der Waals surface area contributed by atoms with Gasteiger partial charge >= 0.3 is 0 Å². The van der Waals surface area contributed by atoms with E-state index in [1.165, 1.54) is 0 Å². The Morgan fingerprint density at radius 3 is 2.84 bits per heavy atom. The van der Waals surface area contributed by atoms with Gasteiger partial charge in [0, 0.05) is 25.9 Å². The van der Waals surface area contributed by atoms with E-state index < -0.39 is 0 Å². The van der Waals surface area contributed by atoms with E-state index in [0.29, 0.717) is 19.0 Å². The van der Waals surface area contributed by atoms with Crippen molar-refractivity contribution in [1.29, 1.82) is 0 Å². The van der Waals surface area contributed by atoms with Crippen LogP contribution in [-0.4, -0.2) is 49.8 Å². The summed E-state index contributed by atoms with van der Waals surface area (Å²) in [6.45, 7) is 3.02. The predicted octanol–water partition coefficient (Wildman–Crippen LogP) is 3.50. The minimum atomic E-state index is -0.122. The average molecular weight is 339 g/mol. The Balaban J connectivity index is 1.41. The predicted molar refractivity (Wildman–Crippen MR) is 97.8 cm³/mol. The number of amides is 1. The van der Waals surface area contributed by atoms with Gasteiger partial charge in [0.15, 0.2) is 0 Å². The van der Waals surface area contributed by atoms with Crippen molar-refractivity contribution >= 4 is 16.7 Å². The molecule has 1 spiro atoms. The normalized spacial score (nSPS) is 22.1. The van der Waals surface area contributed by atoms with Gasteiger partial charge in [-0.15, -0.1) is 0 Å². The first kappa shape index (κ1) is 16.6. The van der Waals surface area contributed by atoms with E-state index in [9.17, 15) is 4.79 Å². The molecule has 4 rings (SSSR count). The number of rotatable bonds is 4. The average Bonchev–Trinajstić information content (AvgIpc) is 2.63. The molecule has 2 saturated heterocycles. The first-order chi connectivity index (χ1) is 12.2. The zero-order valence-corrected chi connectivity index (χ0v) is 14.7. The number of fused-ring (bicyclic) bond motifs is 1. The number of methoxy groups -OCH3 is 1. The Morgan fingerprint density at radius 2 is 2.04 bits per heavy atom. The van der Waals surface area contributed by atoms with Crippen LogP contribution >= 0.6 is 0 Å². The fourth-order valence-corrected chi connectivity index (χ4v) is 4.18. The van der Waals surface area contributed by atoms with Crippen LogP contribution in [0.1, 0.15) is 29.6 Å². The van der Waals surface area contributed by atoms with Gasteiger partial charge in [-0.3, -0.25) is 4.79 Å². The molecule has 2 fully saturated rings. The van der Waals surface area contributed by atoms with Crippen molar-refractivity contribution < 1.29 is 14.3 Å². The molecule has 2 aromatic carbocycles. The molecule has 1 amide bonds. The van der Waals surface area contributed by atoms with E-state index in [-0.39, 0.29) is 11.5 Å². The lowest BCUT2D eigenvalue weighted by atomic mass is 9.79. The van der Waals surface area contributed by atoms with Crippen molar-refractivity contribution in [3.05, 3.63) is 48.0 Å². The third-order valence-electron chi connectivity index (χ3n) is 5.57. The lowest BCUT2D eigenvalue weighted by Gasteiger charge is -2.53. The highest BCUT2D eigenvalue weighted by molar-refractivity contribution is 5.99. The van der Waals surface area contributed by atoms with Gasteiger partial charge in [0.05, 0.1) is 13.1 Å². The Morgan fingerprint density at radius 1 is 1.24 bits per heavy atom. The minimum Gasteiger partial charge on any atom is -0.385 e. The molecule has 0 N–H and O–H groups in total. The van der Waals surface area contributed by atoms with Gasteiger partial charge < -0.3 is 14.4 Å². The number of hydrogen-bond acceptors (Lipinski definition) is 3. The third kappa shape index (κ3) is 3.29. The standard InChI is InChI=1S/C21H25NO3/c1-24-10-8-16-9-11-25-21(13-16)14-22(15-21)20(23)19-7-6-17-4-2-3-5-18(17)12-19/h2-7,12,16H,8-11,13-15H2,1H3/t16-/m1/s1. The molecule has 4 heteroatoms. The van der Waals surface area contributed by atoms with Gasteiger partial charge in [0.25, 0.3) is 5.91 Å². The van der Waals surface area contributed by atoms with Gasteiger partial charge in [0.2, 0.25) is 0 Å². The van der Waals surface area contributed by atoms with Crippen LogP contribution in [0.4, 0.5) is 0 Å². The fraction of sp³-hybridized carbons (Fsp3) is 0.476. The van der Waals surface area contributed by atoms with E-state index in [1.807, 2.05) is 41.3 Å². The molecular weight excluding hydrogens is 314 g/mol. The van der Waals surface area contributed by atoms with Crippen LogP contribution in [0.15, 0.2) is 42.5 Å². The summed E-state index contributed by atoms with van der Waals surface area (Å²) >= 11 is 0. The second-order valence-electron chi connectivity index (χ2n) is 7.39. The molecule has 132 valence electrons. The number of benzene rings is 2. The molecule has 0 aliphatic carbocycles. The minimum absolute atomic E-state index is 0.110. The summed E-state index contributed by atoms with van der Waals surface area (Å²) in [6, 6.07) is 14.1. The molecule has 4 nitrogen and oxygen atoms in total. The van der Waals surface area contributed by atoms with E-state index >= 15 is 0 Å². The van der Waals surface area contributed by atoms with Crippen molar-refractivity contribution in [1.82, 2.24) is 4.90 Å². The topological polar surface area (TPSA) is 38.8 Å². The summed E-state index contributed by atoms with van der Waals surface area (Å²) in [5, 5.41) is 2.27. The number of hydrogen-bond donors (Lipinski definition) is 0. The van der Waals surface area contributed by atoms with Gasteiger partial charge in [0.1, 0.15) is 5.60 Å². The highest BCUT2D eigenvalue weighted by Gasteiger charge is 2.49. The van der Waals surface area contributed by atoms with Gasteiger partial charge in [-0.2, -0.15) is 0 Å². The second-order valence-corrected chi connectivity index (χ2v) is 7.39. The molecule has 0 unspecified atom stereocenters. The number of nitrogens with zero attached hydrogens (tertiary/aromatic N) is 1. The van der Waals surface area contributed by atoms with Crippen LogP contribution in [0.5, 0.6) is 0 Å². The molecule has 2 aliphatic rings. The largest absolute Gasteiger partial charge is 0.385 e. The quantitative estimate of drug-likeness (QED) is 0.856. The van der Waals surface area contributed by atoms with Crippen LogP contribution in [-0.2, 0) is 9.47 Å². The lowest BCUT2D eigenvalue weighted by molar-refractivity contribution is -0.167. The van der Waals surface area contributed by atoms with Gasteiger partial charge in [-0.25, -0.2) is 0 Å². The Bertz CT molecular complexity index is 767. The smallest absolute Gasteiger partial charge is 0.254 e. The Labute approximate surface area is 148 Å². The molecule has 0 aromatic heterocycles. The molecule has 2 aliphatic heterocycles. The number of ether oxygens (including phenoxy) is 2. The summed E-state index contributed by atoms with van der Waals surface area (Å²) in [5.41, 5.74) is 0.642. The molecule has 0 bridgehead atoms. The summed E-state index contributed by atoms with van der Waals surface area (Å²) in [5.74, 6) is 0.755. The molecule has 1 atom stereocenters. The highest BCUT2D eigenvalue weighted by atomic mass is 16.5. The van der Waals surface area contributed by atoms with E-state index in [0.717, 1.165) is 48.8 Å². The van der Waals surface area contributed by atoms with Crippen LogP contribution in [0.2, 0.25) is 0 Å². The number of carbonyl (C=O) groups excluding carboxylic acids is 1. The number of likely N-dealkylation sites (tertiary alicyclic amines) is 1. The van der Waals surface area contributed by atoms with Gasteiger partial charge in [-0.05, 0) is 48.1 Å². The summed E-state index contributed by atoms with van der Waals surface area (Å²) in [7, 11) is 1.75. The van der Waals surface area contributed by atoms with E-state index in [2.05, 4.69) is 6.07 Å². The Kier molecular flexibility index (Phi) is 4.48. The van der Waals surface area contributed by atoms with Crippen molar-refractivity contribution in [3.8, 4) is 0 Å². The monoisotopic (exact) mass is 339 g/mol. The maximum atomic E-state index is 12.8. The maximum Gasteiger partial charge on any atom is 0.254 e. The molecule has 0 radical (unpaired) electrons. The van der Waals surface area contributed by atoms with Crippen LogP contribution in [0.3, 0.4) is 0 Å². The van der Waals surface area contributed by atoms with Crippen molar-refractivity contribution in [2.24, 2.45) is 5.92 Å². The summed E-state index contributed by atoms with van der Waals surface area (Å²) in [6.07, 6.45) is 3.22. The third-order valence-corrected chi connectivity index (χ3v) is 5.57.